The van der Waals surface area contributed by atoms with Gasteiger partial charge in [-0.05, 0) is 36.6 Å². The van der Waals surface area contributed by atoms with E-state index in [-0.39, 0.29) is 13.0 Å². The van der Waals surface area contributed by atoms with E-state index in [0.717, 1.165) is 12.1 Å². The van der Waals surface area contributed by atoms with Gasteiger partial charge in [-0.2, -0.15) is 26.3 Å². The number of alkyl halides is 6. The maximum absolute atomic E-state index is 13.4. The molecule has 14 heteroatoms. The van der Waals surface area contributed by atoms with E-state index >= 15 is 0 Å². The Morgan fingerprint density at radius 2 is 1.59 bits per heavy atom. The first kappa shape index (κ1) is 26.4. The number of aromatic nitrogens is 1. The molecule has 0 radical (unpaired) electrons. The summed E-state index contributed by atoms with van der Waals surface area (Å²) in [6.07, 6.45) is -10.2. The molecule has 0 aliphatic carbocycles. The second kappa shape index (κ2) is 8.79. The molecule has 3 rings (SSSR count). The molecule has 34 heavy (non-hydrogen) atoms. The Bertz CT molecular complexity index is 1290. The van der Waals surface area contributed by atoms with Crippen LogP contribution in [0.3, 0.4) is 0 Å². The predicted molar refractivity (Wildman–Crippen MR) is 107 cm³/mol. The van der Waals surface area contributed by atoms with E-state index in [2.05, 4.69) is 4.98 Å². The average molecular weight is 531 g/mol. The van der Waals surface area contributed by atoms with Crippen LogP contribution in [-0.4, -0.2) is 39.9 Å². The third-order valence-electron chi connectivity index (χ3n) is 5.46. The van der Waals surface area contributed by atoms with Gasteiger partial charge >= 0.3 is 12.4 Å². The number of ether oxygens (including phenoxy) is 1. The molecule has 0 bridgehead atoms. The third kappa shape index (κ3) is 5.23. The highest BCUT2D eigenvalue weighted by Crippen LogP contribution is 2.42. The zero-order chi connectivity index (χ0) is 25.7. The number of nitrogens with zero attached hydrogens (tertiary/aromatic N) is 1. The van der Waals surface area contributed by atoms with Crippen molar-refractivity contribution in [2.24, 2.45) is 5.92 Å². The molecule has 0 saturated carbocycles. The maximum Gasteiger partial charge on any atom is 0.417 e. The summed E-state index contributed by atoms with van der Waals surface area (Å²) in [6.45, 7) is 1.42. The van der Waals surface area contributed by atoms with Crippen LogP contribution in [0.2, 0.25) is 0 Å². The van der Waals surface area contributed by atoms with Crippen LogP contribution >= 0.6 is 0 Å². The van der Waals surface area contributed by atoms with Gasteiger partial charge in [0.05, 0.1) is 26.6 Å². The van der Waals surface area contributed by atoms with E-state index < -0.39 is 75.9 Å². The molecule has 2 aromatic rings. The monoisotopic (exact) mass is 531 g/mol. The van der Waals surface area contributed by atoms with Crippen molar-refractivity contribution in [1.82, 2.24) is 4.98 Å². The van der Waals surface area contributed by atoms with Crippen LogP contribution in [0, 0.1) is 5.92 Å². The predicted octanol–water partition coefficient (Wildman–Crippen LogP) is 4.46. The minimum atomic E-state index is -4.92. The van der Waals surface area contributed by atoms with E-state index in [9.17, 15) is 43.2 Å². The van der Waals surface area contributed by atoms with E-state index in [1.807, 2.05) is 0 Å². The smallest absolute Gasteiger partial charge is 0.370 e. The fraction of sp³-hybridized carbons (Fsp3) is 0.450. The second-order valence-corrected chi connectivity index (χ2v) is 12.1. The van der Waals surface area contributed by atoms with Gasteiger partial charge in [0.1, 0.15) is 11.4 Å². The van der Waals surface area contributed by atoms with Crippen molar-refractivity contribution < 1.29 is 47.9 Å². The Morgan fingerprint density at radius 3 is 2.15 bits per heavy atom. The highest BCUT2D eigenvalue weighted by atomic mass is 32.2. The summed E-state index contributed by atoms with van der Waals surface area (Å²) >= 11 is 0. The van der Waals surface area contributed by atoms with Crippen molar-refractivity contribution in [1.29, 1.82) is 0 Å². The molecule has 1 saturated heterocycles. The second-order valence-electron chi connectivity index (χ2n) is 7.97. The molecule has 1 aromatic carbocycles. The molecule has 188 valence electrons. The summed E-state index contributed by atoms with van der Waals surface area (Å²) in [4.78, 5) is 2.07. The SMILES string of the molecule is CC1CCOC(c2ncc(C(F)(F)F)cc2S(C)(=O)=O)C1S(=O)(=O)c1cccc(C(F)(F)F)c1. The highest BCUT2D eigenvalue weighted by molar-refractivity contribution is 7.92. The summed E-state index contributed by atoms with van der Waals surface area (Å²) < 4.78 is 136. The summed E-state index contributed by atoms with van der Waals surface area (Å²) in [6, 6.07) is 3.36. The van der Waals surface area contributed by atoms with Crippen molar-refractivity contribution in [2.45, 2.75) is 46.8 Å². The summed E-state index contributed by atoms with van der Waals surface area (Å²) in [5.41, 5.74) is -3.13. The molecule has 0 spiro atoms. The topological polar surface area (TPSA) is 90.4 Å². The molecular weight excluding hydrogens is 512 g/mol. The van der Waals surface area contributed by atoms with Crippen molar-refractivity contribution in [3.05, 3.63) is 53.3 Å². The maximum atomic E-state index is 13.4. The number of rotatable bonds is 4. The molecule has 1 fully saturated rings. The Kier molecular flexibility index (Phi) is 6.83. The van der Waals surface area contributed by atoms with Gasteiger partial charge in [0.25, 0.3) is 0 Å². The van der Waals surface area contributed by atoms with Gasteiger partial charge in [0.2, 0.25) is 0 Å². The Labute approximate surface area is 191 Å². The molecule has 2 heterocycles. The highest BCUT2D eigenvalue weighted by Gasteiger charge is 2.46. The van der Waals surface area contributed by atoms with Crippen LogP contribution in [0.4, 0.5) is 26.3 Å². The molecule has 6 nitrogen and oxygen atoms in total. The van der Waals surface area contributed by atoms with Crippen LogP contribution in [0.25, 0.3) is 0 Å². The average Bonchev–Trinajstić information content (AvgIpc) is 2.71. The fourth-order valence-electron chi connectivity index (χ4n) is 3.77. The summed E-state index contributed by atoms with van der Waals surface area (Å²) in [5.74, 6) is -0.741. The lowest BCUT2D eigenvalue weighted by Crippen LogP contribution is -2.41. The third-order valence-corrected chi connectivity index (χ3v) is 8.92. The molecule has 0 N–H and O–H groups in total. The molecule has 1 aliphatic heterocycles. The molecular formula is C20H19F6NO5S2. The van der Waals surface area contributed by atoms with Crippen LogP contribution < -0.4 is 0 Å². The number of pyridine rings is 1. The number of benzene rings is 1. The lowest BCUT2D eigenvalue weighted by molar-refractivity contribution is -0.138. The van der Waals surface area contributed by atoms with E-state index in [4.69, 9.17) is 4.74 Å². The van der Waals surface area contributed by atoms with E-state index in [1.54, 1.807) is 0 Å². The fourth-order valence-corrected chi connectivity index (χ4v) is 6.81. The Morgan fingerprint density at radius 1 is 0.971 bits per heavy atom. The van der Waals surface area contributed by atoms with Gasteiger partial charge in [0.15, 0.2) is 19.7 Å². The first-order chi connectivity index (χ1) is 15.4. The largest absolute Gasteiger partial charge is 0.417 e. The van der Waals surface area contributed by atoms with Crippen LogP contribution in [0.15, 0.2) is 46.3 Å². The lowest BCUT2D eigenvalue weighted by atomic mass is 9.94. The summed E-state index contributed by atoms with van der Waals surface area (Å²) in [7, 11) is -8.90. The molecule has 1 aromatic heterocycles. The number of hydrogen-bond acceptors (Lipinski definition) is 6. The van der Waals surface area contributed by atoms with E-state index in [0.29, 0.717) is 30.7 Å². The standard InChI is InChI=1S/C20H19F6NO5S2/c1-11-6-7-32-17(16-15(33(2,28)29)9-13(10-27-16)20(24,25)26)18(11)34(30,31)14-5-3-4-12(8-14)19(21,22)23/h3-5,8-11,17-18H,6-7H2,1-2H3. The molecule has 0 amide bonds. The van der Waals surface area contributed by atoms with Crippen molar-refractivity contribution in [3.63, 3.8) is 0 Å². The number of sulfone groups is 2. The van der Waals surface area contributed by atoms with Crippen LogP contribution in [0.5, 0.6) is 0 Å². The Balaban J connectivity index is 2.20. The van der Waals surface area contributed by atoms with Gasteiger partial charge in [0, 0.05) is 19.1 Å². The van der Waals surface area contributed by atoms with Crippen LogP contribution in [-0.2, 0) is 36.8 Å². The Hall–Kier alpha value is -2.19. The quantitative estimate of drug-likeness (QED) is 0.541. The van der Waals surface area contributed by atoms with Crippen molar-refractivity contribution in [3.8, 4) is 0 Å². The summed E-state index contributed by atoms with van der Waals surface area (Å²) in [5, 5.41) is -1.60. The van der Waals surface area contributed by atoms with E-state index in [1.165, 1.54) is 6.92 Å². The van der Waals surface area contributed by atoms with Gasteiger partial charge in [-0.1, -0.05) is 13.0 Å². The molecule has 1 aliphatic rings. The van der Waals surface area contributed by atoms with Gasteiger partial charge in [-0.25, -0.2) is 16.8 Å². The lowest BCUT2D eigenvalue weighted by Gasteiger charge is -2.36. The molecule has 3 atom stereocenters. The number of hydrogen-bond donors (Lipinski definition) is 0. The zero-order valence-corrected chi connectivity index (χ0v) is 19.3. The number of halogens is 6. The normalized spacial score (nSPS) is 22.5. The van der Waals surface area contributed by atoms with Crippen LogP contribution in [0.1, 0.15) is 36.3 Å². The zero-order valence-electron chi connectivity index (χ0n) is 17.7. The first-order valence-corrected chi connectivity index (χ1v) is 13.2. The van der Waals surface area contributed by atoms with Gasteiger partial charge in [-0.15, -0.1) is 0 Å². The van der Waals surface area contributed by atoms with Crippen molar-refractivity contribution >= 4 is 19.7 Å². The minimum absolute atomic E-state index is 0.0631. The van der Waals surface area contributed by atoms with Gasteiger partial charge < -0.3 is 4.74 Å². The molecule has 3 unspecified atom stereocenters. The first-order valence-electron chi connectivity index (χ1n) is 9.74. The van der Waals surface area contributed by atoms with Crippen molar-refractivity contribution in [2.75, 3.05) is 12.9 Å². The van der Waals surface area contributed by atoms with Gasteiger partial charge in [-0.3, -0.25) is 4.98 Å². The minimum Gasteiger partial charge on any atom is -0.370 e.